The fourth-order valence-corrected chi connectivity index (χ4v) is 1.23. The number of hydrogen-bond donors (Lipinski definition) is 2. The zero-order chi connectivity index (χ0) is 12.9. The Bertz CT molecular complexity index is 340. The summed E-state index contributed by atoms with van der Waals surface area (Å²) < 4.78 is 41.7. The molecule has 1 heterocycles. The molecule has 0 fully saturated rings. The van der Waals surface area contributed by atoms with Gasteiger partial charge in [-0.25, -0.2) is 4.98 Å². The van der Waals surface area contributed by atoms with E-state index < -0.39 is 11.7 Å². The first kappa shape index (κ1) is 13.7. The largest absolute Gasteiger partial charge is 0.417 e. The molecule has 0 saturated carbocycles. The summed E-state index contributed by atoms with van der Waals surface area (Å²) in [6, 6.07) is 2.06. The Morgan fingerprint density at radius 3 is 2.59 bits per heavy atom. The molecular weight excluding hydrogens is 235 g/mol. The summed E-state index contributed by atoms with van der Waals surface area (Å²) in [5.41, 5.74) is 4.68. The van der Waals surface area contributed by atoms with E-state index in [-0.39, 0.29) is 6.04 Å². The lowest BCUT2D eigenvalue weighted by molar-refractivity contribution is -0.137. The second-order valence-corrected chi connectivity index (χ2v) is 3.46. The normalized spacial score (nSPS) is 13.5. The lowest BCUT2D eigenvalue weighted by Crippen LogP contribution is -2.33. The molecule has 17 heavy (non-hydrogen) atoms. The van der Waals surface area contributed by atoms with E-state index in [1.165, 1.54) is 13.2 Å². The molecule has 0 aliphatic rings. The molecule has 1 rings (SSSR count). The number of hydrogen-bond acceptors (Lipinski definition) is 4. The standard InChI is InChI=1S/C10H14F3N3O/c1-17-6-8(4-14)16-9-3-2-7(5-15-9)10(11,12)13/h2-3,5,8H,4,6,14H2,1H3,(H,15,16). The Morgan fingerprint density at radius 1 is 1.47 bits per heavy atom. The van der Waals surface area contributed by atoms with Gasteiger partial charge in [0.2, 0.25) is 0 Å². The maximum atomic E-state index is 12.3. The molecule has 0 aromatic carbocycles. The number of halogens is 3. The van der Waals surface area contributed by atoms with Crippen molar-refractivity contribution < 1.29 is 17.9 Å². The Hall–Kier alpha value is -1.34. The Morgan fingerprint density at radius 2 is 2.18 bits per heavy atom. The highest BCUT2D eigenvalue weighted by Crippen LogP contribution is 2.28. The molecule has 96 valence electrons. The van der Waals surface area contributed by atoms with Crippen molar-refractivity contribution in [1.29, 1.82) is 0 Å². The number of nitrogens with two attached hydrogens (primary N) is 1. The number of alkyl halides is 3. The molecule has 0 bridgehead atoms. The second-order valence-electron chi connectivity index (χ2n) is 3.46. The Labute approximate surface area is 97.0 Å². The van der Waals surface area contributed by atoms with Gasteiger partial charge in [-0.1, -0.05) is 0 Å². The van der Waals surface area contributed by atoms with Crippen LogP contribution in [0.5, 0.6) is 0 Å². The zero-order valence-electron chi connectivity index (χ0n) is 9.29. The van der Waals surface area contributed by atoms with Gasteiger partial charge in [0, 0.05) is 19.9 Å². The molecule has 4 nitrogen and oxygen atoms in total. The molecular formula is C10H14F3N3O. The minimum atomic E-state index is -4.37. The van der Waals surface area contributed by atoms with Crippen LogP contribution < -0.4 is 11.1 Å². The summed E-state index contributed by atoms with van der Waals surface area (Å²) in [4.78, 5) is 3.67. The minimum Gasteiger partial charge on any atom is -0.383 e. The van der Waals surface area contributed by atoms with E-state index in [1.54, 1.807) is 0 Å². The predicted molar refractivity (Wildman–Crippen MR) is 57.6 cm³/mol. The maximum Gasteiger partial charge on any atom is 0.417 e. The van der Waals surface area contributed by atoms with Crippen LogP contribution in [0.4, 0.5) is 19.0 Å². The monoisotopic (exact) mass is 249 g/mol. The van der Waals surface area contributed by atoms with Crippen molar-refractivity contribution in [2.45, 2.75) is 12.2 Å². The van der Waals surface area contributed by atoms with Gasteiger partial charge >= 0.3 is 6.18 Å². The van der Waals surface area contributed by atoms with Crippen LogP contribution in [0, 0.1) is 0 Å². The van der Waals surface area contributed by atoms with Gasteiger partial charge in [-0.05, 0) is 12.1 Å². The summed E-state index contributed by atoms with van der Waals surface area (Å²) >= 11 is 0. The van der Waals surface area contributed by atoms with E-state index in [0.29, 0.717) is 19.0 Å². The third-order valence-electron chi connectivity index (χ3n) is 2.10. The van der Waals surface area contributed by atoms with Crippen molar-refractivity contribution in [1.82, 2.24) is 4.98 Å². The number of nitrogens with zero attached hydrogens (tertiary/aromatic N) is 1. The Balaban J connectivity index is 2.68. The number of pyridine rings is 1. The second kappa shape index (κ2) is 5.83. The van der Waals surface area contributed by atoms with Gasteiger partial charge in [0.25, 0.3) is 0 Å². The molecule has 1 atom stereocenters. The van der Waals surface area contributed by atoms with Crippen LogP contribution in [0.2, 0.25) is 0 Å². The van der Waals surface area contributed by atoms with E-state index in [2.05, 4.69) is 10.3 Å². The number of aromatic nitrogens is 1. The van der Waals surface area contributed by atoms with E-state index in [0.717, 1.165) is 12.3 Å². The molecule has 7 heteroatoms. The summed E-state index contributed by atoms with van der Waals surface area (Å²) in [5, 5.41) is 2.88. The predicted octanol–water partition coefficient (Wildman–Crippen LogP) is 1.49. The highest BCUT2D eigenvalue weighted by molar-refractivity contribution is 5.37. The first-order valence-corrected chi connectivity index (χ1v) is 4.96. The number of nitrogens with one attached hydrogen (secondary N) is 1. The highest BCUT2D eigenvalue weighted by atomic mass is 19.4. The third-order valence-corrected chi connectivity index (χ3v) is 2.10. The number of rotatable bonds is 5. The van der Waals surface area contributed by atoms with Gasteiger partial charge in [0.1, 0.15) is 5.82 Å². The fraction of sp³-hybridized carbons (Fsp3) is 0.500. The van der Waals surface area contributed by atoms with Crippen LogP contribution in [0.15, 0.2) is 18.3 Å². The summed E-state index contributed by atoms with van der Waals surface area (Å²) in [5.74, 6) is 0.338. The van der Waals surface area contributed by atoms with Gasteiger partial charge < -0.3 is 15.8 Å². The molecule has 1 unspecified atom stereocenters. The third kappa shape index (κ3) is 4.20. The van der Waals surface area contributed by atoms with Gasteiger partial charge in [-0.15, -0.1) is 0 Å². The average Bonchev–Trinajstić information content (AvgIpc) is 2.28. The maximum absolute atomic E-state index is 12.3. The first-order chi connectivity index (χ1) is 7.97. The van der Waals surface area contributed by atoms with Crippen LogP contribution in [0.25, 0.3) is 0 Å². The van der Waals surface area contributed by atoms with Gasteiger partial charge in [0.15, 0.2) is 0 Å². The molecule has 1 aromatic heterocycles. The van der Waals surface area contributed by atoms with Crippen molar-refractivity contribution in [3.05, 3.63) is 23.9 Å². The van der Waals surface area contributed by atoms with Crippen LogP contribution in [-0.2, 0) is 10.9 Å². The molecule has 0 aliphatic carbocycles. The van der Waals surface area contributed by atoms with E-state index in [1.807, 2.05) is 0 Å². The molecule has 3 N–H and O–H groups in total. The van der Waals surface area contributed by atoms with Crippen molar-refractivity contribution in [2.75, 3.05) is 25.6 Å². The minimum absolute atomic E-state index is 0.177. The summed E-state index contributed by atoms with van der Waals surface area (Å²) in [6.45, 7) is 0.662. The van der Waals surface area contributed by atoms with Crippen LogP contribution >= 0.6 is 0 Å². The van der Waals surface area contributed by atoms with E-state index in [9.17, 15) is 13.2 Å². The average molecular weight is 249 g/mol. The molecule has 0 radical (unpaired) electrons. The van der Waals surface area contributed by atoms with E-state index >= 15 is 0 Å². The van der Waals surface area contributed by atoms with Gasteiger partial charge in [-0.2, -0.15) is 13.2 Å². The van der Waals surface area contributed by atoms with Crippen molar-refractivity contribution in [3.63, 3.8) is 0 Å². The van der Waals surface area contributed by atoms with Gasteiger partial charge in [0.05, 0.1) is 18.2 Å². The fourth-order valence-electron chi connectivity index (χ4n) is 1.23. The lowest BCUT2D eigenvalue weighted by atomic mass is 10.2. The number of methoxy groups -OCH3 is 1. The molecule has 0 aliphatic heterocycles. The smallest absolute Gasteiger partial charge is 0.383 e. The van der Waals surface area contributed by atoms with Crippen molar-refractivity contribution >= 4 is 5.82 Å². The van der Waals surface area contributed by atoms with Crippen LogP contribution in [0.3, 0.4) is 0 Å². The molecule has 0 amide bonds. The van der Waals surface area contributed by atoms with Crippen LogP contribution in [0.1, 0.15) is 5.56 Å². The lowest BCUT2D eigenvalue weighted by Gasteiger charge is -2.16. The number of anilines is 1. The molecule has 0 spiro atoms. The van der Waals surface area contributed by atoms with E-state index in [4.69, 9.17) is 10.5 Å². The van der Waals surface area contributed by atoms with Crippen molar-refractivity contribution in [3.8, 4) is 0 Å². The summed E-state index contributed by atoms with van der Waals surface area (Å²) in [6.07, 6.45) is -3.59. The first-order valence-electron chi connectivity index (χ1n) is 4.96. The Kier molecular flexibility index (Phi) is 4.71. The van der Waals surface area contributed by atoms with Gasteiger partial charge in [-0.3, -0.25) is 0 Å². The van der Waals surface area contributed by atoms with Crippen LogP contribution in [-0.4, -0.2) is 31.3 Å². The summed E-state index contributed by atoms with van der Waals surface area (Å²) in [7, 11) is 1.52. The topological polar surface area (TPSA) is 60.2 Å². The quantitative estimate of drug-likeness (QED) is 0.830. The highest BCUT2D eigenvalue weighted by Gasteiger charge is 2.30. The molecule has 1 aromatic rings. The SMILES string of the molecule is COCC(CN)Nc1ccc(C(F)(F)F)cn1. The molecule has 0 saturated heterocycles. The zero-order valence-corrected chi connectivity index (χ0v) is 9.29. The number of ether oxygens (including phenoxy) is 1. The van der Waals surface area contributed by atoms with Crippen molar-refractivity contribution in [2.24, 2.45) is 5.73 Å².